The van der Waals surface area contributed by atoms with Crippen molar-refractivity contribution in [2.75, 3.05) is 0 Å². The zero-order valence-corrected chi connectivity index (χ0v) is 69.3. The molecule has 2 aromatic carbocycles. The third-order valence-electron chi connectivity index (χ3n) is 19.6. The van der Waals surface area contributed by atoms with Crippen LogP contribution in [0, 0.1) is 69.7 Å². The number of rotatable bonds is 14. The number of aromatic carboxylic acids is 2. The van der Waals surface area contributed by atoms with Gasteiger partial charge in [-0.3, -0.25) is 9.97 Å². The molecule has 10 aromatic rings. The summed E-state index contributed by atoms with van der Waals surface area (Å²) in [6.45, 7) is 9.51. The molecule has 4 fully saturated rings. The number of nitrogens with zero attached hydrogens (tertiary/aromatic N) is 8. The van der Waals surface area contributed by atoms with Crippen LogP contribution in [0.1, 0.15) is 193 Å². The summed E-state index contributed by atoms with van der Waals surface area (Å²) in [6, 6.07) is 56.2. The average molecular weight is 2130 g/mol. The molecule has 0 amide bonds. The number of halogens is 4. The van der Waals surface area contributed by atoms with Gasteiger partial charge >= 0.3 is 11.9 Å². The first-order valence-electron chi connectivity index (χ1n) is 35.2. The van der Waals surface area contributed by atoms with Crippen molar-refractivity contribution in [1.29, 1.82) is 0 Å². The minimum Gasteiger partial charge on any atom is -0.477 e. The van der Waals surface area contributed by atoms with Gasteiger partial charge in [0, 0.05) is 118 Å². The van der Waals surface area contributed by atoms with Gasteiger partial charge in [0.2, 0.25) is 0 Å². The second-order valence-corrected chi connectivity index (χ2v) is 28.4. The molecule has 4 aliphatic rings. The first-order chi connectivity index (χ1) is 48.7. The number of hydrogen-bond acceptors (Lipinski definition) is 10. The van der Waals surface area contributed by atoms with Gasteiger partial charge in [-0.05, 0) is 164 Å². The molecule has 4 aliphatic carbocycles. The molecule has 0 aliphatic heterocycles. The number of hydrogen-bond donors (Lipinski definition) is 2. The van der Waals surface area contributed by atoms with Gasteiger partial charge in [0.05, 0.1) is 0 Å². The average Bonchev–Trinajstić information content (AvgIpc) is 1.73. The quantitative estimate of drug-likeness (QED) is 0.0456. The molecule has 0 saturated heterocycles. The summed E-state index contributed by atoms with van der Waals surface area (Å²) in [5.41, 5.74) is 12.2. The van der Waals surface area contributed by atoms with Gasteiger partial charge in [0.25, 0.3) is 0 Å². The molecule has 0 bridgehead atoms. The van der Waals surface area contributed by atoms with Gasteiger partial charge in [0.1, 0.15) is 35.2 Å². The van der Waals surface area contributed by atoms with Gasteiger partial charge in [-0.1, -0.05) is 188 Å². The second-order valence-electron chi connectivity index (χ2n) is 28.4. The Kier molecular flexibility index (Phi) is 37.3. The molecule has 2 N–H and O–H groups in total. The van der Waals surface area contributed by atoms with Crippen LogP contribution in [0.2, 0.25) is 0 Å². The minimum atomic E-state index is -0.990. The molecule has 0 atom stereocenters. The van der Waals surface area contributed by atoms with E-state index in [2.05, 4.69) is 122 Å². The van der Waals surface area contributed by atoms with Crippen molar-refractivity contribution in [2.45, 2.75) is 175 Å². The molecule has 4 radical (unpaired) electrons. The van der Waals surface area contributed by atoms with Crippen LogP contribution in [-0.2, 0) is 106 Å². The van der Waals surface area contributed by atoms with Crippen molar-refractivity contribution in [3.05, 3.63) is 264 Å². The second kappa shape index (κ2) is 44.3. The van der Waals surface area contributed by atoms with Crippen LogP contribution in [0.3, 0.4) is 0 Å². The van der Waals surface area contributed by atoms with E-state index in [1.165, 1.54) is 170 Å². The van der Waals surface area contributed by atoms with Crippen molar-refractivity contribution in [3.63, 3.8) is 0 Å². The van der Waals surface area contributed by atoms with E-state index in [0.717, 1.165) is 58.6 Å². The molecule has 14 rings (SSSR count). The third kappa shape index (κ3) is 28.9. The first-order valence-corrected chi connectivity index (χ1v) is 35.2. The normalized spacial score (nSPS) is 15.4. The fraction of sp³-hybridized carbons (Fsp3) is 0.365. The number of carbonyl (C=O) groups is 2. The largest absolute Gasteiger partial charge is 0.477 e. The first kappa shape index (κ1) is 88.5. The standard InChI is InChI=1S/C19H21F2N2.C18H19F2N2.2C18H20N.2C6H5NO2.4Ir/c1-19(9-4-2-3-5-10-19)13-14-8-11-22-16(12-14)15-6-7-17(20)23-18(15)21;1-18(8-3-2-4-9-18)12-13-7-10-21-15(11-13)14-5-6-16(19)22-17(14)20;1-18(10-3-4-11-18)14-15-7-6-8-16(13-15)17-9-2-5-12-19-17;1-18(11-3-4-12-18)14-15-7-9-16(10-8-15)17-6-2-5-13-19-17;2*8-6(9)5-3-1-2-4-7-5;;;;/h7-8,11-12H,2-5,9-10,13H2,1H3;6-7,10-11H,2-4,8-9,12H2,1H3;2,5-7,9,12-13H,3-4,10-11,14H2,1H3;2,5-9,13H,3-4,11-12,14H2,1H3;2*1-4H,(H,8,9);;;;/q4*-1;;;;;;. The van der Waals surface area contributed by atoms with Crippen LogP contribution in [0.15, 0.2) is 183 Å². The molecule has 105 heavy (non-hydrogen) atoms. The van der Waals surface area contributed by atoms with Crippen LogP contribution in [0.5, 0.6) is 0 Å². The zero-order valence-electron chi connectivity index (χ0n) is 59.7. The van der Waals surface area contributed by atoms with Crippen LogP contribution >= 0.6 is 0 Å². The van der Waals surface area contributed by atoms with Crippen molar-refractivity contribution < 1.29 is 118 Å². The Morgan fingerprint density at radius 2 is 0.714 bits per heavy atom. The summed E-state index contributed by atoms with van der Waals surface area (Å²) in [4.78, 5) is 51.0. The maximum atomic E-state index is 13.8. The molecule has 8 heterocycles. The maximum absolute atomic E-state index is 13.8. The van der Waals surface area contributed by atoms with E-state index in [1.54, 1.807) is 36.7 Å². The number of pyridine rings is 8. The number of aromatic nitrogens is 8. The van der Waals surface area contributed by atoms with Crippen LogP contribution in [-0.4, -0.2) is 62.0 Å². The number of carboxylic acids is 2. The topological polar surface area (TPSA) is 178 Å². The summed E-state index contributed by atoms with van der Waals surface area (Å²) < 4.78 is 53.4. The summed E-state index contributed by atoms with van der Waals surface area (Å²) in [6.07, 6.45) is 39.2. The summed E-state index contributed by atoms with van der Waals surface area (Å²) in [5, 5.41) is 16.6. The number of carboxylic acid groups (broad SMARTS) is 2. The Morgan fingerprint density at radius 1 is 0.362 bits per heavy atom. The Labute approximate surface area is 670 Å². The number of benzene rings is 2. The van der Waals surface area contributed by atoms with E-state index in [4.69, 9.17) is 10.2 Å². The monoisotopic (exact) mass is 2130 g/mol. The van der Waals surface area contributed by atoms with E-state index in [1.807, 2.05) is 79.1 Å². The van der Waals surface area contributed by atoms with Gasteiger partial charge in [0.15, 0.2) is 0 Å². The molecule has 0 spiro atoms. The molecule has 562 valence electrons. The Balaban J connectivity index is 0.000000231. The third-order valence-corrected chi connectivity index (χ3v) is 19.6. The van der Waals surface area contributed by atoms with E-state index in [0.29, 0.717) is 33.0 Å². The fourth-order valence-electron chi connectivity index (χ4n) is 14.2. The molecule has 20 heteroatoms. The summed E-state index contributed by atoms with van der Waals surface area (Å²) in [5.74, 6) is -5.45. The van der Waals surface area contributed by atoms with E-state index >= 15 is 0 Å². The molecule has 8 aromatic heterocycles. The van der Waals surface area contributed by atoms with E-state index in [9.17, 15) is 27.2 Å². The van der Waals surface area contributed by atoms with E-state index < -0.39 is 35.7 Å². The SMILES string of the molecule is CC1(Cc2c[c-]c(-c3ccccn3)cc2)CCCC1.CC1(Cc2cc[c-]c(-c3ccccn3)c2)CCCC1.CC1(Cc2ccnc(-c3[c-]cc(F)nc3F)c2)CCCCC1.CC1(Cc2ccnc(-c3[c-]cc(F)nc3F)c2)CCCCCC1.O=C(O)c1ccccn1.O=C(O)c1ccccn1.[Ir].[Ir].[Ir].[Ir]. The van der Waals surface area contributed by atoms with Gasteiger partial charge in [-0.25, -0.2) is 37.1 Å². The predicted octanol–water partition coefficient (Wildman–Crippen LogP) is 20.8. The van der Waals surface area contributed by atoms with Crippen molar-refractivity contribution in [3.8, 4) is 45.0 Å². The summed E-state index contributed by atoms with van der Waals surface area (Å²) >= 11 is 0. The maximum Gasteiger partial charge on any atom is 0.354 e. The molecule has 0 unspecified atom stereocenters. The summed E-state index contributed by atoms with van der Waals surface area (Å²) in [7, 11) is 0. The minimum absolute atomic E-state index is 0. The van der Waals surface area contributed by atoms with Crippen molar-refractivity contribution in [1.82, 2.24) is 39.9 Å². The van der Waals surface area contributed by atoms with Gasteiger partial charge in [-0.15, -0.1) is 82.9 Å². The molecular formula is C85H90F4Ir4N8O4-4. The van der Waals surface area contributed by atoms with Gasteiger partial charge in [-0.2, -0.15) is 0 Å². The van der Waals surface area contributed by atoms with Crippen LogP contribution < -0.4 is 0 Å². The van der Waals surface area contributed by atoms with Gasteiger partial charge < -0.3 is 30.1 Å². The smallest absolute Gasteiger partial charge is 0.354 e. The fourth-order valence-corrected chi connectivity index (χ4v) is 14.2. The molecule has 12 nitrogen and oxygen atoms in total. The molecular weight excluding hydrogens is 2040 g/mol. The zero-order chi connectivity index (χ0) is 71.5. The van der Waals surface area contributed by atoms with Crippen LogP contribution in [0.25, 0.3) is 45.0 Å². The Morgan fingerprint density at radius 3 is 1.06 bits per heavy atom. The van der Waals surface area contributed by atoms with Crippen molar-refractivity contribution in [2.24, 2.45) is 21.7 Å². The van der Waals surface area contributed by atoms with Crippen molar-refractivity contribution >= 4 is 11.9 Å². The predicted molar refractivity (Wildman–Crippen MR) is 387 cm³/mol. The molecule has 4 saturated carbocycles. The van der Waals surface area contributed by atoms with Crippen LogP contribution in [0.4, 0.5) is 17.6 Å². The Bertz CT molecular complexity index is 4160. The Hall–Kier alpha value is -7.10. The van der Waals surface area contributed by atoms with E-state index in [-0.39, 0.29) is 103 Å².